The van der Waals surface area contributed by atoms with E-state index in [-0.39, 0.29) is 12.2 Å². The maximum Gasteiger partial charge on any atom is 0.222 e. The van der Waals surface area contributed by atoms with Gasteiger partial charge >= 0.3 is 0 Å². The molecule has 0 aromatic carbocycles. The number of hydrogen-bond donors (Lipinski definition) is 3. The van der Waals surface area contributed by atoms with E-state index in [0.29, 0.717) is 0 Å². The molecule has 0 radical (unpaired) electrons. The second kappa shape index (κ2) is 2.01. The van der Waals surface area contributed by atoms with Gasteiger partial charge in [0.15, 0.2) is 0 Å². The van der Waals surface area contributed by atoms with Crippen molar-refractivity contribution in [2.24, 2.45) is 0 Å². The van der Waals surface area contributed by atoms with Gasteiger partial charge in [0, 0.05) is 6.42 Å². The van der Waals surface area contributed by atoms with E-state index in [0.717, 1.165) is 12.8 Å². The zero-order chi connectivity index (χ0) is 6.91. The molecule has 0 bridgehead atoms. The summed E-state index contributed by atoms with van der Waals surface area (Å²) >= 11 is 0. The third-order valence-corrected chi connectivity index (χ3v) is 1.48. The third kappa shape index (κ3) is 1.23. The van der Waals surface area contributed by atoms with E-state index in [9.17, 15) is 0 Å². The van der Waals surface area contributed by atoms with Gasteiger partial charge in [0.2, 0.25) is 5.79 Å². The lowest BCUT2D eigenvalue weighted by Crippen LogP contribution is -2.32. The summed E-state index contributed by atoms with van der Waals surface area (Å²) in [5.41, 5.74) is 0. The summed E-state index contributed by atoms with van der Waals surface area (Å²) in [6.45, 7) is 0. The second-order valence-corrected chi connectivity index (χ2v) is 2.30. The summed E-state index contributed by atoms with van der Waals surface area (Å²) in [7, 11) is 0. The van der Waals surface area contributed by atoms with E-state index in [4.69, 9.17) is 15.3 Å². The van der Waals surface area contributed by atoms with Crippen LogP contribution >= 0.6 is 0 Å². The third-order valence-electron chi connectivity index (χ3n) is 1.48. The van der Waals surface area contributed by atoms with Crippen molar-refractivity contribution in [3.05, 3.63) is 11.8 Å². The Labute approximate surface area is 53.3 Å². The van der Waals surface area contributed by atoms with Gasteiger partial charge in [-0.3, -0.25) is 0 Å². The first-order valence-corrected chi connectivity index (χ1v) is 2.97. The molecular weight excluding hydrogens is 120 g/mol. The molecule has 9 heavy (non-hydrogen) atoms. The molecule has 0 heterocycles. The molecule has 0 atom stereocenters. The van der Waals surface area contributed by atoms with Gasteiger partial charge in [-0.15, -0.1) is 0 Å². The molecule has 0 aliphatic heterocycles. The van der Waals surface area contributed by atoms with E-state index in [2.05, 4.69) is 0 Å². The topological polar surface area (TPSA) is 60.7 Å². The summed E-state index contributed by atoms with van der Waals surface area (Å²) < 4.78 is 0. The summed E-state index contributed by atoms with van der Waals surface area (Å²) in [6.07, 6.45) is 3.12. The quantitative estimate of drug-likeness (QED) is 0.413. The lowest BCUT2D eigenvalue weighted by Gasteiger charge is -2.23. The van der Waals surface area contributed by atoms with E-state index in [1.165, 1.54) is 6.08 Å². The van der Waals surface area contributed by atoms with Crippen molar-refractivity contribution < 1.29 is 15.3 Å². The Kier molecular flexibility index (Phi) is 1.47. The largest absolute Gasteiger partial charge is 0.507 e. The molecule has 1 rings (SSSR count). The van der Waals surface area contributed by atoms with Crippen molar-refractivity contribution in [2.45, 2.75) is 25.0 Å². The highest BCUT2D eigenvalue weighted by Crippen LogP contribution is 2.23. The molecule has 3 heteroatoms. The van der Waals surface area contributed by atoms with Gasteiger partial charge in [0.25, 0.3) is 0 Å². The molecule has 0 aromatic heterocycles. The number of hydrogen-bond acceptors (Lipinski definition) is 3. The predicted octanol–water partition coefficient (Wildman–Crippen LogP) is 0.293. The molecular formula is C6H10O3. The number of aliphatic hydroxyl groups excluding tert-OH is 1. The average Bonchev–Trinajstić information content (AvgIpc) is 1.77. The van der Waals surface area contributed by atoms with Gasteiger partial charge < -0.3 is 15.3 Å². The highest BCUT2D eigenvalue weighted by Gasteiger charge is 2.29. The van der Waals surface area contributed by atoms with Gasteiger partial charge in [-0.2, -0.15) is 0 Å². The van der Waals surface area contributed by atoms with Crippen LogP contribution < -0.4 is 0 Å². The van der Waals surface area contributed by atoms with Gasteiger partial charge in [0.1, 0.15) is 5.76 Å². The molecule has 0 saturated carbocycles. The fourth-order valence-electron chi connectivity index (χ4n) is 0.879. The molecule has 0 saturated heterocycles. The molecule has 52 valence electrons. The van der Waals surface area contributed by atoms with Crippen LogP contribution in [0.1, 0.15) is 19.3 Å². The maximum absolute atomic E-state index is 8.88. The molecule has 0 amide bonds. The lowest BCUT2D eigenvalue weighted by molar-refractivity contribution is -0.160. The first-order valence-electron chi connectivity index (χ1n) is 2.97. The highest BCUT2D eigenvalue weighted by molar-refractivity contribution is 5.05. The monoisotopic (exact) mass is 130 g/mol. The van der Waals surface area contributed by atoms with Crippen molar-refractivity contribution in [1.29, 1.82) is 0 Å². The minimum atomic E-state index is -1.95. The SMILES string of the molecule is OC1=CCCCC1(O)O. The maximum atomic E-state index is 8.88. The van der Waals surface area contributed by atoms with Crippen LogP contribution in [0.2, 0.25) is 0 Å². The number of aliphatic hydroxyl groups is 3. The Morgan fingerprint density at radius 1 is 1.44 bits per heavy atom. The van der Waals surface area contributed by atoms with Gasteiger partial charge in [-0.05, 0) is 18.9 Å². The molecule has 0 fully saturated rings. The number of rotatable bonds is 0. The van der Waals surface area contributed by atoms with Crippen LogP contribution in [0.5, 0.6) is 0 Å². The van der Waals surface area contributed by atoms with E-state index in [1.807, 2.05) is 0 Å². The van der Waals surface area contributed by atoms with E-state index in [1.54, 1.807) is 0 Å². The normalized spacial score (nSPS) is 25.3. The van der Waals surface area contributed by atoms with Crippen molar-refractivity contribution in [2.75, 3.05) is 0 Å². The van der Waals surface area contributed by atoms with Crippen LogP contribution in [0.4, 0.5) is 0 Å². The Morgan fingerprint density at radius 2 is 2.11 bits per heavy atom. The summed E-state index contributed by atoms with van der Waals surface area (Å²) in [5, 5.41) is 26.6. The van der Waals surface area contributed by atoms with Gasteiger partial charge in [-0.1, -0.05) is 0 Å². The van der Waals surface area contributed by atoms with Crippen LogP contribution in [0, 0.1) is 0 Å². The molecule has 0 aromatic rings. The van der Waals surface area contributed by atoms with Crippen molar-refractivity contribution >= 4 is 0 Å². The minimum absolute atomic E-state index is 0.231. The Balaban J connectivity index is 2.73. The van der Waals surface area contributed by atoms with Crippen LogP contribution in [0.3, 0.4) is 0 Å². The zero-order valence-corrected chi connectivity index (χ0v) is 5.04. The Bertz CT molecular complexity index is 137. The predicted molar refractivity (Wildman–Crippen MR) is 31.7 cm³/mol. The summed E-state index contributed by atoms with van der Waals surface area (Å²) in [6, 6.07) is 0. The Hall–Kier alpha value is -0.540. The Morgan fingerprint density at radius 3 is 2.44 bits per heavy atom. The van der Waals surface area contributed by atoms with Crippen LogP contribution in [-0.2, 0) is 0 Å². The average molecular weight is 130 g/mol. The van der Waals surface area contributed by atoms with Gasteiger partial charge in [0.05, 0.1) is 0 Å². The lowest BCUT2D eigenvalue weighted by atomic mass is 10.0. The molecule has 1 aliphatic carbocycles. The van der Waals surface area contributed by atoms with E-state index < -0.39 is 5.79 Å². The van der Waals surface area contributed by atoms with E-state index >= 15 is 0 Å². The van der Waals surface area contributed by atoms with Crippen molar-refractivity contribution in [1.82, 2.24) is 0 Å². The smallest absolute Gasteiger partial charge is 0.222 e. The van der Waals surface area contributed by atoms with Crippen LogP contribution in [0.15, 0.2) is 11.8 Å². The molecule has 0 spiro atoms. The van der Waals surface area contributed by atoms with Crippen molar-refractivity contribution in [3.8, 4) is 0 Å². The summed E-state index contributed by atoms with van der Waals surface area (Å²) in [4.78, 5) is 0. The number of allylic oxidation sites excluding steroid dienone is 1. The van der Waals surface area contributed by atoms with Gasteiger partial charge in [-0.25, -0.2) is 0 Å². The minimum Gasteiger partial charge on any atom is -0.507 e. The molecule has 3 nitrogen and oxygen atoms in total. The molecule has 1 aliphatic rings. The van der Waals surface area contributed by atoms with Crippen LogP contribution in [0.25, 0.3) is 0 Å². The molecule has 3 N–H and O–H groups in total. The first kappa shape index (κ1) is 6.58. The highest BCUT2D eigenvalue weighted by atomic mass is 16.5. The zero-order valence-electron chi connectivity index (χ0n) is 5.04. The first-order chi connectivity index (χ1) is 4.13. The van der Waals surface area contributed by atoms with Crippen molar-refractivity contribution in [3.63, 3.8) is 0 Å². The second-order valence-electron chi connectivity index (χ2n) is 2.30. The summed E-state index contributed by atoms with van der Waals surface area (Å²) in [5.74, 6) is -2.26. The standard InChI is InChI=1S/C6H10O3/c7-5-3-1-2-4-6(5,8)9/h3,7-9H,1-2,4H2. The van der Waals surface area contributed by atoms with Crippen LogP contribution in [-0.4, -0.2) is 21.1 Å². The molecule has 0 unspecified atom stereocenters. The fourth-order valence-corrected chi connectivity index (χ4v) is 0.879. The fraction of sp³-hybridized carbons (Fsp3) is 0.667.